The summed E-state index contributed by atoms with van der Waals surface area (Å²) in [5, 5.41) is 2.70. The number of rotatable bonds is 9. The van der Waals surface area contributed by atoms with Gasteiger partial charge in [0.2, 0.25) is 15.9 Å². The van der Waals surface area contributed by atoms with Gasteiger partial charge < -0.3 is 10.1 Å². The molecule has 1 aliphatic heterocycles. The fourth-order valence-corrected chi connectivity index (χ4v) is 3.94. The van der Waals surface area contributed by atoms with E-state index in [9.17, 15) is 13.2 Å². The van der Waals surface area contributed by atoms with Crippen LogP contribution in [0.5, 0.6) is 0 Å². The smallest absolute Gasteiger partial charge is 0.220 e. The van der Waals surface area contributed by atoms with Crippen LogP contribution in [0.2, 0.25) is 0 Å². The largest absolute Gasteiger partial charge is 0.379 e. The Morgan fingerprint density at radius 3 is 2.54 bits per heavy atom. The van der Waals surface area contributed by atoms with Gasteiger partial charge in [0.15, 0.2) is 0 Å². The minimum atomic E-state index is -3.30. The number of unbranched alkanes of at least 4 members (excludes halogenated alkanes) is 1. The number of carbonyl (C=O) groups excluding carboxylic acids is 1. The zero-order valence-electron chi connectivity index (χ0n) is 13.9. The quantitative estimate of drug-likeness (QED) is 0.676. The molecule has 1 N–H and O–H groups in total. The molecule has 1 aliphatic rings. The lowest BCUT2D eigenvalue weighted by atomic mass is 10.1. The van der Waals surface area contributed by atoms with E-state index in [0.717, 1.165) is 19.3 Å². The maximum atomic E-state index is 12.1. The third-order valence-electron chi connectivity index (χ3n) is 4.01. The van der Waals surface area contributed by atoms with Gasteiger partial charge in [-0.1, -0.05) is 30.3 Å². The summed E-state index contributed by atoms with van der Waals surface area (Å²) in [7, 11) is -3.30. The maximum absolute atomic E-state index is 12.1. The van der Waals surface area contributed by atoms with Gasteiger partial charge in [-0.05, 0) is 24.8 Å². The second kappa shape index (κ2) is 9.76. The number of nitrogens with one attached hydrogen (secondary N) is 1. The predicted octanol–water partition coefficient (Wildman–Crippen LogP) is 1.18. The minimum Gasteiger partial charge on any atom is -0.379 e. The fourth-order valence-electron chi connectivity index (χ4n) is 2.62. The zero-order valence-corrected chi connectivity index (χ0v) is 14.8. The lowest BCUT2D eigenvalue weighted by Crippen LogP contribution is -2.43. The third kappa shape index (κ3) is 6.59. The Morgan fingerprint density at radius 1 is 1.12 bits per heavy atom. The molecule has 1 aromatic carbocycles. The van der Waals surface area contributed by atoms with Gasteiger partial charge in [-0.15, -0.1) is 0 Å². The van der Waals surface area contributed by atoms with Crippen molar-refractivity contribution >= 4 is 15.9 Å². The van der Waals surface area contributed by atoms with E-state index in [1.165, 1.54) is 9.87 Å². The van der Waals surface area contributed by atoms with Crippen molar-refractivity contribution in [2.75, 3.05) is 38.6 Å². The molecular formula is C17H26N2O4S. The van der Waals surface area contributed by atoms with E-state index < -0.39 is 10.0 Å². The normalized spacial score (nSPS) is 16.0. The number of sulfonamides is 1. The van der Waals surface area contributed by atoms with Crippen molar-refractivity contribution in [3.8, 4) is 0 Å². The second-order valence-electron chi connectivity index (χ2n) is 5.87. The highest BCUT2D eigenvalue weighted by molar-refractivity contribution is 7.89. The first-order valence-electron chi connectivity index (χ1n) is 8.44. The van der Waals surface area contributed by atoms with Crippen LogP contribution in [0.3, 0.4) is 0 Å². The van der Waals surface area contributed by atoms with Crippen LogP contribution >= 0.6 is 0 Å². The van der Waals surface area contributed by atoms with E-state index in [1.807, 2.05) is 18.2 Å². The van der Waals surface area contributed by atoms with E-state index in [1.54, 1.807) is 0 Å². The summed E-state index contributed by atoms with van der Waals surface area (Å²) in [4.78, 5) is 11.8. The second-order valence-corrected chi connectivity index (χ2v) is 7.96. The number of nitrogens with zero attached hydrogens (tertiary/aromatic N) is 1. The van der Waals surface area contributed by atoms with Gasteiger partial charge >= 0.3 is 0 Å². The highest BCUT2D eigenvalue weighted by Crippen LogP contribution is 2.07. The molecule has 7 heteroatoms. The monoisotopic (exact) mass is 354 g/mol. The number of hydrogen-bond donors (Lipinski definition) is 1. The molecule has 1 saturated heterocycles. The summed E-state index contributed by atoms with van der Waals surface area (Å²) in [5.41, 5.74) is 1.27. The molecule has 0 atom stereocenters. The molecule has 0 saturated carbocycles. The van der Waals surface area contributed by atoms with Gasteiger partial charge in [-0.2, -0.15) is 4.31 Å². The first-order valence-corrected chi connectivity index (χ1v) is 10.0. The molecule has 0 aromatic heterocycles. The molecule has 1 fully saturated rings. The summed E-state index contributed by atoms with van der Waals surface area (Å²) in [5.74, 6) is -0.136. The number of carbonyl (C=O) groups is 1. The van der Waals surface area contributed by atoms with Crippen LogP contribution in [0.15, 0.2) is 30.3 Å². The van der Waals surface area contributed by atoms with Crippen LogP contribution in [-0.2, 0) is 26.0 Å². The molecule has 1 heterocycles. The summed E-state index contributed by atoms with van der Waals surface area (Å²) in [6.07, 6.45) is 3.14. The molecule has 6 nitrogen and oxygen atoms in total. The lowest BCUT2D eigenvalue weighted by Gasteiger charge is -2.26. The topological polar surface area (TPSA) is 75.7 Å². The van der Waals surface area contributed by atoms with Crippen LogP contribution in [0, 0.1) is 0 Å². The highest BCUT2D eigenvalue weighted by Gasteiger charge is 2.23. The maximum Gasteiger partial charge on any atom is 0.220 e. The molecule has 2 rings (SSSR count). The number of morpholine rings is 1. The Morgan fingerprint density at radius 2 is 1.83 bits per heavy atom. The molecule has 0 unspecified atom stereocenters. The van der Waals surface area contributed by atoms with Crippen LogP contribution in [0.1, 0.15) is 24.8 Å². The summed E-state index contributed by atoms with van der Waals surface area (Å²) in [6.45, 7) is 1.84. The van der Waals surface area contributed by atoms with Crippen molar-refractivity contribution < 1.29 is 17.9 Å². The fraction of sp³-hybridized carbons (Fsp3) is 0.588. The molecule has 1 aromatic rings. The van der Waals surface area contributed by atoms with Crippen molar-refractivity contribution in [2.45, 2.75) is 25.7 Å². The van der Waals surface area contributed by atoms with E-state index in [2.05, 4.69) is 17.4 Å². The molecule has 1 amide bonds. The number of benzene rings is 1. The predicted molar refractivity (Wildman–Crippen MR) is 93.2 cm³/mol. The molecule has 0 radical (unpaired) electrons. The zero-order chi connectivity index (χ0) is 17.3. The van der Waals surface area contributed by atoms with Crippen molar-refractivity contribution in [2.24, 2.45) is 0 Å². The van der Waals surface area contributed by atoms with Gasteiger partial charge in [0.05, 0.1) is 19.0 Å². The van der Waals surface area contributed by atoms with Crippen molar-refractivity contribution in [3.63, 3.8) is 0 Å². The number of amides is 1. The van der Waals surface area contributed by atoms with Crippen LogP contribution < -0.4 is 5.32 Å². The Kier molecular flexibility index (Phi) is 7.68. The molecule has 24 heavy (non-hydrogen) atoms. The van der Waals surface area contributed by atoms with Gasteiger partial charge in [-0.3, -0.25) is 4.79 Å². The summed E-state index contributed by atoms with van der Waals surface area (Å²) < 4.78 is 30.8. The highest BCUT2D eigenvalue weighted by atomic mass is 32.2. The lowest BCUT2D eigenvalue weighted by molar-refractivity contribution is -0.121. The Hall–Kier alpha value is -1.44. The third-order valence-corrected chi connectivity index (χ3v) is 5.88. The average molecular weight is 354 g/mol. The number of aryl methyl sites for hydroxylation is 1. The van der Waals surface area contributed by atoms with Crippen LogP contribution in [0.4, 0.5) is 0 Å². The molecule has 0 spiro atoms. The van der Waals surface area contributed by atoms with E-state index in [4.69, 9.17) is 4.74 Å². The van der Waals surface area contributed by atoms with Crippen LogP contribution in [-0.4, -0.2) is 57.2 Å². The Labute approximate surface area is 144 Å². The van der Waals surface area contributed by atoms with Crippen molar-refractivity contribution in [3.05, 3.63) is 35.9 Å². The molecule has 0 aliphatic carbocycles. The van der Waals surface area contributed by atoms with Gasteiger partial charge in [-0.25, -0.2) is 8.42 Å². The number of ether oxygens (including phenoxy) is 1. The van der Waals surface area contributed by atoms with Crippen molar-refractivity contribution in [1.82, 2.24) is 9.62 Å². The SMILES string of the molecule is O=C(CCCCc1ccccc1)NCCS(=O)(=O)N1CCOCC1. The average Bonchev–Trinajstić information content (AvgIpc) is 2.60. The standard InChI is InChI=1S/C17H26N2O4S/c20-17(9-5-4-8-16-6-2-1-3-7-16)18-10-15-24(21,22)19-11-13-23-14-12-19/h1-3,6-7H,4-5,8-15H2,(H,18,20). The van der Waals surface area contributed by atoms with Gasteiger partial charge in [0.25, 0.3) is 0 Å². The van der Waals surface area contributed by atoms with Crippen LogP contribution in [0.25, 0.3) is 0 Å². The van der Waals surface area contributed by atoms with Crippen molar-refractivity contribution in [1.29, 1.82) is 0 Å². The van der Waals surface area contributed by atoms with E-state index in [0.29, 0.717) is 32.7 Å². The first-order chi connectivity index (χ1) is 11.6. The minimum absolute atomic E-state index is 0.0528. The van der Waals surface area contributed by atoms with Gasteiger partial charge in [0, 0.05) is 26.1 Å². The first kappa shape index (κ1) is 18.9. The summed E-state index contributed by atoms with van der Waals surface area (Å²) >= 11 is 0. The van der Waals surface area contributed by atoms with E-state index in [-0.39, 0.29) is 18.2 Å². The Balaban J connectivity index is 1.57. The molecule has 0 bridgehead atoms. The molecular weight excluding hydrogens is 328 g/mol. The molecule has 134 valence electrons. The number of hydrogen-bond acceptors (Lipinski definition) is 4. The van der Waals surface area contributed by atoms with E-state index >= 15 is 0 Å². The van der Waals surface area contributed by atoms with Gasteiger partial charge in [0.1, 0.15) is 0 Å². The summed E-state index contributed by atoms with van der Waals surface area (Å²) in [6, 6.07) is 10.2. The Bertz CT molecular complexity index is 598.